The average Bonchev–Trinajstić information content (AvgIpc) is 3.90. The number of aliphatic hydroxyl groups is 10. The SMILES string of the molecule is CC(=O)[C@H]1O[C@@H](Oc2ccc(/C=C(\C)C(=O)N[C@H]3[C@@H](O)[C@H](O)[C@@H]4OCO[C@@H]4[C@H]3O)cc2O)[C@@H](O)[C@@H]1O.NC[C@H]1O[C@H](O[C@H]2[C@H](O)[C@@H](O[C@H]3O[C@H](CO)[C@@H](O)[C@H](N)[C@H]3O)[C@H](N)C[C@@H]2N)[C@H](N)C[C@@H]1O. The lowest BCUT2D eigenvalue weighted by Crippen LogP contribution is -2.68. The molecule has 6 aliphatic rings. The number of benzene rings is 1. The Balaban J connectivity index is 0.000000226. The number of amides is 1. The van der Waals surface area contributed by atoms with Gasteiger partial charge in [0.05, 0.1) is 36.9 Å². The lowest BCUT2D eigenvalue weighted by molar-refractivity contribution is -0.314. The highest BCUT2D eigenvalue weighted by molar-refractivity contribution is 5.97. The van der Waals surface area contributed by atoms with E-state index in [4.69, 9.17) is 66.6 Å². The number of hydrogen-bond acceptors (Lipinski definition) is 26. The number of Topliss-reactive ketones (excluding diaryl/α,β-unsaturated/α-hetero) is 1. The standard InChI is InChI=1S/C23H29NO12.C18H37N5O9/c1-8(22(32)24-13-14(27)16(29)21-20(15(13)28)33-7-34-21)5-10-3-4-12(11(26)6-10)35-23-18(31)17(30)19(36-23)9(2)25;19-3-9-8(25)2-7(22)17(29-9)31-15-5(20)1-6(21)16(14(15)28)32-18-13(27)11(23)12(26)10(4-24)30-18/h3-6,13-21,23,26-31H,7H2,1-2H3,(H,24,32);5-18,24-28H,1-4,19-23H2/b8-5+;/t13-,14+,15-,16-,17-,18-,19+,20+,21-,23+;5-,6+,7+,8-,9+,10+,11-,12+,13+,14-,15+,16-,17+,18+/m00/s1. The van der Waals surface area contributed by atoms with Gasteiger partial charge in [0.15, 0.2) is 29.9 Å². The van der Waals surface area contributed by atoms with E-state index < -0.39 is 165 Å². The monoisotopic (exact) mass is 978 g/mol. The summed E-state index contributed by atoms with van der Waals surface area (Å²) < 4.78 is 43.8. The van der Waals surface area contributed by atoms with Gasteiger partial charge < -0.3 is 128 Å². The number of aliphatic hydroxyl groups excluding tert-OH is 10. The van der Waals surface area contributed by atoms with E-state index in [1.807, 2.05) is 0 Å². The lowest BCUT2D eigenvalue weighted by Gasteiger charge is -2.47. The van der Waals surface area contributed by atoms with E-state index in [1.54, 1.807) is 0 Å². The fourth-order valence-corrected chi connectivity index (χ4v) is 8.89. The van der Waals surface area contributed by atoms with Gasteiger partial charge in [-0.2, -0.15) is 0 Å². The van der Waals surface area contributed by atoms with E-state index in [1.165, 1.54) is 38.1 Å². The van der Waals surface area contributed by atoms with Crippen LogP contribution in [0.15, 0.2) is 23.8 Å². The van der Waals surface area contributed by atoms with E-state index in [0.29, 0.717) is 5.56 Å². The number of carbonyl (C=O) groups is 2. The molecule has 68 heavy (non-hydrogen) atoms. The summed E-state index contributed by atoms with van der Waals surface area (Å²) in [6, 6.07) is -0.367. The van der Waals surface area contributed by atoms with E-state index in [2.05, 4.69) is 5.32 Å². The van der Waals surface area contributed by atoms with Crippen molar-refractivity contribution in [2.75, 3.05) is 19.9 Å². The minimum Gasteiger partial charge on any atom is -0.504 e. The summed E-state index contributed by atoms with van der Waals surface area (Å²) in [7, 11) is 0. The predicted octanol–water partition coefficient (Wildman–Crippen LogP) is -8.76. The summed E-state index contributed by atoms with van der Waals surface area (Å²) in [4.78, 5) is 24.2. The van der Waals surface area contributed by atoms with Crippen molar-refractivity contribution in [2.45, 2.75) is 173 Å². The molecule has 27 heteroatoms. The molecule has 0 aromatic heterocycles. The summed E-state index contributed by atoms with van der Waals surface area (Å²) in [5.74, 6) is -1.59. The molecule has 7 rings (SSSR count). The highest BCUT2D eigenvalue weighted by Crippen LogP contribution is 2.34. The fraction of sp³-hybridized carbons (Fsp3) is 0.756. The maximum absolute atomic E-state index is 12.7. The van der Waals surface area contributed by atoms with Gasteiger partial charge in [0.25, 0.3) is 0 Å². The Morgan fingerprint density at radius 3 is 1.93 bits per heavy atom. The molecule has 4 aliphatic heterocycles. The number of phenols is 1. The Hall–Kier alpha value is -3.18. The summed E-state index contributed by atoms with van der Waals surface area (Å²) in [5.41, 5.74) is 30.3. The van der Waals surface area contributed by atoms with Gasteiger partial charge in [0.1, 0.15) is 92.2 Å². The summed E-state index contributed by atoms with van der Waals surface area (Å²) >= 11 is 0. The van der Waals surface area contributed by atoms with Gasteiger partial charge in [-0.1, -0.05) is 6.07 Å². The second kappa shape index (κ2) is 22.9. The van der Waals surface area contributed by atoms with Crippen molar-refractivity contribution >= 4 is 17.8 Å². The first-order valence-electron chi connectivity index (χ1n) is 22.0. The third-order valence-electron chi connectivity index (χ3n) is 12.9. The molecule has 0 radical (unpaired) electrons. The molecule has 0 bridgehead atoms. The largest absolute Gasteiger partial charge is 0.504 e. The Morgan fingerprint density at radius 1 is 0.721 bits per heavy atom. The highest BCUT2D eigenvalue weighted by Gasteiger charge is 2.54. The van der Waals surface area contributed by atoms with Crippen LogP contribution >= 0.6 is 0 Å². The molecular weight excluding hydrogens is 912 g/mol. The first-order valence-corrected chi connectivity index (χ1v) is 22.0. The topological polar surface area (TPSA) is 473 Å². The molecule has 6 fully saturated rings. The van der Waals surface area contributed by atoms with Gasteiger partial charge in [0.2, 0.25) is 12.2 Å². The molecule has 0 unspecified atom stereocenters. The van der Waals surface area contributed by atoms with Crippen LogP contribution in [-0.2, 0) is 42.7 Å². The van der Waals surface area contributed by atoms with Crippen molar-refractivity contribution in [1.82, 2.24) is 5.32 Å². The van der Waals surface area contributed by atoms with Crippen LogP contribution in [-0.4, -0.2) is 235 Å². The number of rotatable bonds is 12. The van der Waals surface area contributed by atoms with Crippen LogP contribution in [0.2, 0.25) is 0 Å². The minimum atomic E-state index is -1.51. The van der Waals surface area contributed by atoms with Crippen LogP contribution in [0.4, 0.5) is 0 Å². The normalized spacial score (nSPS) is 45.2. The second-order valence-corrected chi connectivity index (χ2v) is 17.8. The summed E-state index contributed by atoms with van der Waals surface area (Å²) in [6.07, 6.45) is -20.9. The number of ether oxygens (including phenoxy) is 8. The van der Waals surface area contributed by atoms with Crippen molar-refractivity contribution in [3.8, 4) is 11.5 Å². The van der Waals surface area contributed by atoms with Crippen LogP contribution in [0.25, 0.3) is 6.08 Å². The zero-order valence-corrected chi connectivity index (χ0v) is 37.1. The minimum absolute atomic E-state index is 0.0542. The molecule has 24 atom stereocenters. The lowest BCUT2D eigenvalue weighted by atomic mass is 9.83. The van der Waals surface area contributed by atoms with Gasteiger partial charge in [-0.25, -0.2) is 0 Å². The summed E-state index contributed by atoms with van der Waals surface area (Å²) in [5, 5.41) is 115. The Kier molecular flexibility index (Phi) is 18.3. The van der Waals surface area contributed by atoms with E-state index in [0.717, 1.165) is 0 Å². The number of fused-ring (bicyclic) bond motifs is 1. The molecule has 386 valence electrons. The molecule has 1 aromatic carbocycles. The van der Waals surface area contributed by atoms with Gasteiger partial charge in [-0.15, -0.1) is 0 Å². The smallest absolute Gasteiger partial charge is 0.247 e. The maximum Gasteiger partial charge on any atom is 0.247 e. The Morgan fingerprint density at radius 2 is 1.34 bits per heavy atom. The van der Waals surface area contributed by atoms with Crippen LogP contribution < -0.4 is 38.7 Å². The van der Waals surface area contributed by atoms with E-state index in [9.17, 15) is 65.8 Å². The number of ketones is 1. The van der Waals surface area contributed by atoms with Crippen molar-refractivity contribution in [3.63, 3.8) is 0 Å². The molecule has 27 nitrogen and oxygen atoms in total. The molecule has 22 N–H and O–H groups in total. The predicted molar refractivity (Wildman–Crippen MR) is 227 cm³/mol. The Labute approximate surface area is 389 Å². The van der Waals surface area contributed by atoms with Crippen LogP contribution in [0.3, 0.4) is 0 Å². The van der Waals surface area contributed by atoms with Crippen LogP contribution in [0, 0.1) is 0 Å². The zero-order chi connectivity index (χ0) is 50.0. The first kappa shape index (κ1) is 54.2. The average molecular weight is 979 g/mol. The van der Waals surface area contributed by atoms with Crippen molar-refractivity contribution < 1.29 is 104 Å². The van der Waals surface area contributed by atoms with Gasteiger partial charge >= 0.3 is 0 Å². The molecule has 2 saturated carbocycles. The third kappa shape index (κ3) is 11.6. The van der Waals surface area contributed by atoms with Gasteiger partial charge in [-0.05, 0) is 50.5 Å². The van der Waals surface area contributed by atoms with Crippen molar-refractivity contribution in [1.29, 1.82) is 0 Å². The number of phenolic OH excluding ortho intramolecular Hbond substituents is 1. The molecule has 2 aliphatic carbocycles. The van der Waals surface area contributed by atoms with E-state index >= 15 is 0 Å². The van der Waals surface area contributed by atoms with Gasteiger partial charge in [0, 0.05) is 24.2 Å². The van der Waals surface area contributed by atoms with Gasteiger partial charge in [-0.3, -0.25) is 9.59 Å². The highest BCUT2D eigenvalue weighted by atomic mass is 16.7. The number of nitrogens with one attached hydrogen (secondary N) is 1. The van der Waals surface area contributed by atoms with Crippen molar-refractivity contribution in [3.05, 3.63) is 29.3 Å². The molecule has 4 saturated heterocycles. The van der Waals surface area contributed by atoms with Crippen molar-refractivity contribution in [2.24, 2.45) is 28.7 Å². The summed E-state index contributed by atoms with van der Waals surface area (Å²) in [6.45, 7) is 2.02. The Bertz CT molecular complexity index is 1890. The second-order valence-electron chi connectivity index (χ2n) is 17.8. The quantitative estimate of drug-likeness (QED) is 0.0865. The number of hydrogen-bond donors (Lipinski definition) is 17. The molecule has 1 amide bonds. The maximum atomic E-state index is 12.7. The number of carbonyl (C=O) groups excluding carboxylic acids is 2. The molecule has 1 aromatic rings. The van der Waals surface area contributed by atoms with Crippen LogP contribution in [0.5, 0.6) is 11.5 Å². The molecule has 4 heterocycles. The third-order valence-corrected chi connectivity index (χ3v) is 12.9. The fourth-order valence-electron chi connectivity index (χ4n) is 8.89. The number of nitrogens with two attached hydrogens (primary N) is 5. The molecular formula is C41H66N6O21. The zero-order valence-electron chi connectivity index (χ0n) is 37.1. The number of aromatic hydroxyl groups is 1. The first-order chi connectivity index (χ1) is 32.1. The van der Waals surface area contributed by atoms with E-state index in [-0.39, 0.29) is 43.3 Å². The van der Waals surface area contributed by atoms with Crippen LogP contribution in [0.1, 0.15) is 32.3 Å². The molecule has 0 spiro atoms.